The van der Waals surface area contributed by atoms with Gasteiger partial charge in [-0.1, -0.05) is 23.7 Å². The number of esters is 1. The number of ether oxygens (including phenoxy) is 1. The number of aromatic hydroxyl groups is 1. The summed E-state index contributed by atoms with van der Waals surface area (Å²) in [6, 6.07) is 8.39. The summed E-state index contributed by atoms with van der Waals surface area (Å²) in [7, 11) is 1.19. The fourth-order valence-electron chi connectivity index (χ4n) is 2.76. The fourth-order valence-corrected chi connectivity index (χ4v) is 3.26. The van der Waals surface area contributed by atoms with Crippen molar-refractivity contribution in [1.29, 1.82) is 0 Å². The van der Waals surface area contributed by atoms with Crippen molar-refractivity contribution in [2.45, 2.75) is 19.5 Å². The molecule has 160 valence electrons. The van der Waals surface area contributed by atoms with Crippen LogP contribution in [-0.4, -0.2) is 42.6 Å². The minimum atomic E-state index is -1.01. The van der Waals surface area contributed by atoms with Crippen LogP contribution >= 0.6 is 23.4 Å². The molecule has 30 heavy (non-hydrogen) atoms. The maximum absolute atomic E-state index is 12.6. The van der Waals surface area contributed by atoms with Gasteiger partial charge in [0.1, 0.15) is 11.8 Å². The zero-order valence-corrected chi connectivity index (χ0v) is 17.8. The monoisotopic (exact) mass is 453 g/mol. The molecule has 2 amide bonds. The van der Waals surface area contributed by atoms with Crippen LogP contribution in [0, 0.1) is 6.92 Å². The number of phenols is 1. The lowest BCUT2D eigenvalue weighted by molar-refractivity contribution is -0.142. The minimum absolute atomic E-state index is 0.0494. The van der Waals surface area contributed by atoms with Gasteiger partial charge in [-0.2, -0.15) is 0 Å². The summed E-state index contributed by atoms with van der Waals surface area (Å²) in [6.07, 6.45) is 0. The molecule has 0 spiro atoms. The number of aryl methyl sites for hydroxylation is 1. The van der Waals surface area contributed by atoms with Gasteiger partial charge >= 0.3 is 5.97 Å². The Kier molecular flexibility index (Phi) is 8.46. The number of benzene rings is 2. The third-order valence-electron chi connectivity index (χ3n) is 4.21. The Labute approximate surface area is 183 Å². The third kappa shape index (κ3) is 6.09. The smallest absolute Gasteiger partial charge is 0.329 e. The van der Waals surface area contributed by atoms with Gasteiger partial charge in [-0.25, -0.2) is 9.63 Å². The summed E-state index contributed by atoms with van der Waals surface area (Å²) in [5.74, 6) is -1.57. The van der Waals surface area contributed by atoms with Crippen molar-refractivity contribution in [2.75, 3.05) is 13.7 Å². The Morgan fingerprint density at radius 3 is 2.50 bits per heavy atom. The normalized spacial score (nSPS) is 11.5. The zero-order chi connectivity index (χ0) is 22.3. The second-order valence-electron chi connectivity index (χ2n) is 6.39. The molecule has 0 radical (unpaired) electrons. The topological polar surface area (TPSA) is 117 Å². The molecule has 2 rings (SSSR count). The van der Waals surface area contributed by atoms with E-state index in [0.29, 0.717) is 5.56 Å². The summed E-state index contributed by atoms with van der Waals surface area (Å²) in [5.41, 5.74) is 1.57. The van der Waals surface area contributed by atoms with Gasteiger partial charge in [0.2, 0.25) is 0 Å². The van der Waals surface area contributed by atoms with Crippen LogP contribution in [0.3, 0.4) is 0 Å². The van der Waals surface area contributed by atoms with E-state index in [2.05, 4.69) is 20.2 Å². The molecule has 0 bridgehead atoms. The molecule has 4 N–H and O–H groups in total. The van der Waals surface area contributed by atoms with E-state index >= 15 is 0 Å². The lowest BCUT2D eigenvalue weighted by atomic mass is 10.0. The first kappa shape index (κ1) is 23.5. The Bertz CT molecular complexity index is 929. The van der Waals surface area contributed by atoms with E-state index in [1.54, 1.807) is 25.1 Å². The second-order valence-corrected chi connectivity index (χ2v) is 7.06. The molecule has 0 saturated carbocycles. The molecular weight excluding hydrogens is 433 g/mol. The van der Waals surface area contributed by atoms with Crippen LogP contribution in [-0.2, 0) is 16.1 Å². The van der Waals surface area contributed by atoms with Crippen LogP contribution in [0.2, 0.25) is 5.02 Å². The number of carbonyl (C=O) groups is 3. The predicted octanol–water partition coefficient (Wildman–Crippen LogP) is 2.30. The Hall–Kier alpha value is -2.81. The summed E-state index contributed by atoms with van der Waals surface area (Å²) in [5, 5.41) is 14.8. The van der Waals surface area contributed by atoms with Crippen molar-refractivity contribution in [3.05, 3.63) is 63.7 Å². The Morgan fingerprint density at radius 1 is 1.17 bits per heavy atom. The lowest BCUT2D eigenvalue weighted by Crippen LogP contribution is -2.46. The molecule has 0 heterocycles. The van der Waals surface area contributed by atoms with E-state index in [4.69, 9.17) is 23.4 Å². The van der Waals surface area contributed by atoms with Crippen LogP contribution in [0.5, 0.6) is 5.75 Å². The van der Waals surface area contributed by atoms with E-state index in [9.17, 15) is 19.5 Å². The molecule has 0 fully saturated rings. The molecule has 10 heteroatoms. The number of amides is 2. The highest BCUT2D eigenvalue weighted by atomic mass is 35.5. The van der Waals surface area contributed by atoms with Gasteiger partial charge in [0.05, 0.1) is 17.7 Å². The first-order chi connectivity index (χ1) is 14.3. The standard InChI is InChI=1S/C20H21Cl2N3O5/c1-11-6-13(18(27)23-9-12-4-3-5-14(26)7-12)8-15(21)17(11)19(28)25-16(10-24-22)20(29)30-2/h3-8,16,24,26H,9-10H2,1-2H3,(H,23,27)(H,25,28)/t16-/m0/s1. The molecule has 0 unspecified atom stereocenters. The van der Waals surface area contributed by atoms with E-state index < -0.39 is 23.8 Å². The van der Waals surface area contributed by atoms with Crippen LogP contribution in [0.4, 0.5) is 0 Å². The Morgan fingerprint density at radius 2 is 1.90 bits per heavy atom. The number of carbonyl (C=O) groups excluding carboxylic acids is 3. The lowest BCUT2D eigenvalue weighted by Gasteiger charge is -2.17. The van der Waals surface area contributed by atoms with Gasteiger partial charge in [0.25, 0.3) is 11.8 Å². The first-order valence-corrected chi connectivity index (χ1v) is 9.60. The number of hydrogen-bond donors (Lipinski definition) is 4. The molecular formula is C20H21Cl2N3O5. The average molecular weight is 454 g/mol. The zero-order valence-electron chi connectivity index (χ0n) is 16.3. The largest absolute Gasteiger partial charge is 0.508 e. The highest BCUT2D eigenvalue weighted by molar-refractivity contribution is 6.34. The number of halogens is 2. The molecule has 0 aromatic heterocycles. The molecule has 0 aliphatic carbocycles. The number of nitrogens with one attached hydrogen (secondary N) is 3. The number of methoxy groups -OCH3 is 1. The van der Waals surface area contributed by atoms with Gasteiger partial charge in [-0.3, -0.25) is 9.59 Å². The molecule has 0 saturated heterocycles. The Balaban J connectivity index is 2.14. The number of hydrogen-bond acceptors (Lipinski definition) is 6. The summed E-state index contributed by atoms with van der Waals surface area (Å²) in [4.78, 5) is 39.1. The van der Waals surface area contributed by atoms with Crippen LogP contribution in [0.1, 0.15) is 31.8 Å². The maximum Gasteiger partial charge on any atom is 0.329 e. The van der Waals surface area contributed by atoms with Gasteiger partial charge in [0, 0.05) is 18.7 Å². The van der Waals surface area contributed by atoms with Crippen LogP contribution in [0.15, 0.2) is 36.4 Å². The van der Waals surface area contributed by atoms with Gasteiger partial charge in [0.15, 0.2) is 0 Å². The van der Waals surface area contributed by atoms with Crippen molar-refractivity contribution in [3.63, 3.8) is 0 Å². The summed E-state index contributed by atoms with van der Waals surface area (Å²) in [6.45, 7) is 1.78. The number of rotatable bonds is 8. The average Bonchev–Trinajstić information content (AvgIpc) is 2.70. The molecule has 0 aliphatic rings. The van der Waals surface area contributed by atoms with Gasteiger partial charge < -0.3 is 20.5 Å². The molecule has 2 aromatic rings. The van der Waals surface area contributed by atoms with E-state index in [0.717, 1.165) is 5.56 Å². The highest BCUT2D eigenvalue weighted by Crippen LogP contribution is 2.23. The third-order valence-corrected chi connectivity index (χ3v) is 4.66. The van der Waals surface area contributed by atoms with Crippen LogP contribution < -0.4 is 15.5 Å². The molecule has 8 nitrogen and oxygen atoms in total. The number of phenolic OH excluding ortho intramolecular Hbond substituents is 1. The highest BCUT2D eigenvalue weighted by Gasteiger charge is 2.24. The van der Waals surface area contributed by atoms with Crippen molar-refractivity contribution < 1.29 is 24.2 Å². The second kappa shape index (κ2) is 10.8. The van der Waals surface area contributed by atoms with E-state index in [1.165, 1.54) is 25.3 Å². The van der Waals surface area contributed by atoms with E-state index in [-0.39, 0.29) is 35.0 Å². The van der Waals surface area contributed by atoms with Crippen molar-refractivity contribution in [2.24, 2.45) is 0 Å². The van der Waals surface area contributed by atoms with Crippen molar-refractivity contribution in [1.82, 2.24) is 15.5 Å². The first-order valence-electron chi connectivity index (χ1n) is 8.85. The van der Waals surface area contributed by atoms with Gasteiger partial charge in [-0.15, -0.1) is 0 Å². The quantitative estimate of drug-likeness (QED) is 0.359. The minimum Gasteiger partial charge on any atom is -0.508 e. The fraction of sp³-hybridized carbons (Fsp3) is 0.250. The molecule has 0 aliphatic heterocycles. The van der Waals surface area contributed by atoms with Crippen LogP contribution in [0.25, 0.3) is 0 Å². The van der Waals surface area contributed by atoms with E-state index in [1.807, 2.05) is 0 Å². The van der Waals surface area contributed by atoms with Crippen molar-refractivity contribution >= 4 is 41.2 Å². The molecule has 2 aromatic carbocycles. The SMILES string of the molecule is COC(=O)[C@H](CNCl)NC(=O)c1c(C)cc(C(=O)NCc2cccc(O)c2)cc1Cl. The van der Waals surface area contributed by atoms with Crippen molar-refractivity contribution in [3.8, 4) is 5.75 Å². The maximum atomic E-state index is 12.6. The summed E-state index contributed by atoms with van der Waals surface area (Å²) >= 11 is 11.7. The predicted molar refractivity (Wildman–Crippen MR) is 113 cm³/mol. The van der Waals surface area contributed by atoms with Gasteiger partial charge in [-0.05, 0) is 54.1 Å². The molecule has 1 atom stereocenters. The summed E-state index contributed by atoms with van der Waals surface area (Å²) < 4.78 is 4.63.